The van der Waals surface area contributed by atoms with Gasteiger partial charge in [-0.25, -0.2) is 0 Å². The number of carbonyl (C=O) groups excluding carboxylic acids is 1. The second kappa shape index (κ2) is 17.7. The van der Waals surface area contributed by atoms with Crippen LogP contribution in [0.4, 0.5) is 0 Å². The largest absolute Gasteiger partial charge is 0.504 e. The van der Waals surface area contributed by atoms with Crippen LogP contribution in [0, 0.1) is 0 Å². The minimum absolute atomic E-state index is 0. The van der Waals surface area contributed by atoms with E-state index in [1.807, 2.05) is 64.1 Å². The molecule has 1 atom stereocenters. The van der Waals surface area contributed by atoms with E-state index in [9.17, 15) is 9.90 Å². The van der Waals surface area contributed by atoms with Crippen molar-refractivity contribution >= 4 is 11.4 Å². The monoisotopic (exact) mass is 454 g/mol. The molecule has 0 bridgehead atoms. The number of methoxy groups -OCH3 is 1. The third kappa shape index (κ3) is 10.1. The molecule has 0 amide bonds. The van der Waals surface area contributed by atoms with Gasteiger partial charge in [-0.15, -0.1) is 0 Å². The van der Waals surface area contributed by atoms with Gasteiger partial charge in [0.15, 0.2) is 17.3 Å². The lowest BCUT2D eigenvalue weighted by Crippen LogP contribution is -2.07. The molecule has 33 heavy (non-hydrogen) atoms. The molecule has 3 heteroatoms. The van der Waals surface area contributed by atoms with E-state index in [-0.39, 0.29) is 24.9 Å². The molecule has 0 aliphatic heterocycles. The number of allylic oxidation sites excluding steroid dienone is 3. The Morgan fingerprint density at radius 1 is 1.03 bits per heavy atom. The van der Waals surface area contributed by atoms with Crippen LogP contribution in [0.5, 0.6) is 11.5 Å². The number of ether oxygens (including phenoxy) is 1. The molecular formula is C30H46O3. The minimum Gasteiger partial charge on any atom is -0.504 e. The highest BCUT2D eigenvalue weighted by molar-refractivity contribution is 5.98. The molecule has 0 radical (unpaired) electrons. The van der Waals surface area contributed by atoms with Gasteiger partial charge in [-0.1, -0.05) is 104 Å². The molecule has 0 saturated heterocycles. The fraction of sp³-hybridized carbons (Fsp3) is 0.433. The Bertz CT molecular complexity index is 861. The van der Waals surface area contributed by atoms with Crippen LogP contribution >= 0.6 is 0 Å². The molecule has 0 fully saturated rings. The summed E-state index contributed by atoms with van der Waals surface area (Å²) in [4.78, 5) is 12.1. The number of phenols is 1. The summed E-state index contributed by atoms with van der Waals surface area (Å²) in [6.07, 6.45) is 4.08. The van der Waals surface area contributed by atoms with Crippen molar-refractivity contribution in [3.63, 3.8) is 0 Å². The average Bonchev–Trinajstić information content (AvgIpc) is 2.82. The number of benzene rings is 2. The van der Waals surface area contributed by atoms with Crippen molar-refractivity contribution in [3.8, 4) is 11.5 Å². The minimum atomic E-state index is -0.0777. The van der Waals surface area contributed by atoms with Gasteiger partial charge in [0.25, 0.3) is 0 Å². The molecule has 3 nitrogen and oxygen atoms in total. The summed E-state index contributed by atoms with van der Waals surface area (Å²) in [6.45, 7) is 18.1. The highest BCUT2D eigenvalue weighted by Gasteiger charge is 2.21. The van der Waals surface area contributed by atoms with Gasteiger partial charge in [0, 0.05) is 5.92 Å². The van der Waals surface area contributed by atoms with Gasteiger partial charge < -0.3 is 9.84 Å². The second-order valence-electron chi connectivity index (χ2n) is 7.45. The number of rotatable bonds is 8. The Hall–Kier alpha value is -2.81. The maximum Gasteiger partial charge on any atom is 0.160 e. The Kier molecular flexibility index (Phi) is 17.4. The molecule has 2 aromatic rings. The standard InChI is InChI=1S/C22H24O3.C5H12.C2H6.CH4/c1-14(17(4)23)22(15(2)18-9-7-6-8-10-18)16(3)19-11-12-20(24)21(13-19)25-5;1-3-5-4-2;1-2;/h6-13,16,24H,2H2,1,3-5H3;3-5H2,1-2H3;1-2H3;1H4/b22-14-;;;. The fourth-order valence-electron chi connectivity index (χ4n) is 3.28. The Labute approximate surface area is 203 Å². The summed E-state index contributed by atoms with van der Waals surface area (Å²) < 4.78 is 5.21. The van der Waals surface area contributed by atoms with Crippen molar-refractivity contribution < 1.29 is 14.6 Å². The van der Waals surface area contributed by atoms with Crippen molar-refractivity contribution in [2.24, 2.45) is 0 Å². The van der Waals surface area contributed by atoms with Gasteiger partial charge >= 0.3 is 0 Å². The predicted molar refractivity (Wildman–Crippen MR) is 145 cm³/mol. The summed E-state index contributed by atoms with van der Waals surface area (Å²) >= 11 is 0. The first-order valence-electron chi connectivity index (χ1n) is 11.6. The van der Waals surface area contributed by atoms with E-state index in [0.29, 0.717) is 11.3 Å². The van der Waals surface area contributed by atoms with E-state index in [4.69, 9.17) is 4.74 Å². The van der Waals surface area contributed by atoms with E-state index in [0.717, 1.165) is 22.3 Å². The first-order chi connectivity index (χ1) is 15.3. The number of hydrogen-bond acceptors (Lipinski definition) is 3. The van der Waals surface area contributed by atoms with Crippen LogP contribution in [0.3, 0.4) is 0 Å². The first kappa shape index (κ1) is 32.4. The van der Waals surface area contributed by atoms with Gasteiger partial charge in [-0.05, 0) is 53.8 Å². The van der Waals surface area contributed by atoms with Gasteiger partial charge in [0.2, 0.25) is 0 Å². The molecule has 184 valence electrons. The van der Waals surface area contributed by atoms with E-state index in [1.54, 1.807) is 19.1 Å². The average molecular weight is 455 g/mol. The predicted octanol–water partition coefficient (Wildman–Crippen LogP) is 8.98. The molecule has 1 unspecified atom stereocenters. The zero-order chi connectivity index (χ0) is 24.7. The number of unbranched alkanes of at least 4 members (excludes halogenated alkanes) is 2. The summed E-state index contributed by atoms with van der Waals surface area (Å²) in [6, 6.07) is 15.1. The lowest BCUT2D eigenvalue weighted by atomic mass is 9.82. The Morgan fingerprint density at radius 3 is 2.00 bits per heavy atom. The van der Waals surface area contributed by atoms with Crippen LogP contribution in [0.2, 0.25) is 0 Å². The molecule has 0 aliphatic rings. The quantitative estimate of drug-likeness (QED) is 0.320. The molecule has 0 aliphatic carbocycles. The lowest BCUT2D eigenvalue weighted by molar-refractivity contribution is -0.113. The van der Waals surface area contributed by atoms with Crippen LogP contribution in [0.15, 0.2) is 66.3 Å². The van der Waals surface area contributed by atoms with Crippen molar-refractivity contribution in [2.45, 2.75) is 81.1 Å². The maximum absolute atomic E-state index is 12.1. The highest BCUT2D eigenvalue weighted by atomic mass is 16.5. The molecule has 2 rings (SSSR count). The maximum atomic E-state index is 12.1. The van der Waals surface area contributed by atoms with E-state index in [1.165, 1.54) is 26.4 Å². The van der Waals surface area contributed by atoms with Crippen LogP contribution < -0.4 is 4.74 Å². The third-order valence-corrected chi connectivity index (χ3v) is 5.22. The molecule has 0 spiro atoms. The van der Waals surface area contributed by atoms with Crippen molar-refractivity contribution in [1.29, 1.82) is 0 Å². The number of phenolic OH excluding ortho intramolecular Hbond substituents is 1. The van der Waals surface area contributed by atoms with Crippen LogP contribution in [0.1, 0.15) is 92.2 Å². The Balaban J connectivity index is 0. The number of hydrogen-bond donors (Lipinski definition) is 1. The Morgan fingerprint density at radius 2 is 1.58 bits per heavy atom. The van der Waals surface area contributed by atoms with E-state index >= 15 is 0 Å². The van der Waals surface area contributed by atoms with E-state index in [2.05, 4.69) is 20.4 Å². The van der Waals surface area contributed by atoms with Crippen molar-refractivity contribution in [1.82, 2.24) is 0 Å². The van der Waals surface area contributed by atoms with E-state index < -0.39 is 0 Å². The zero-order valence-corrected chi connectivity index (χ0v) is 21.3. The highest BCUT2D eigenvalue weighted by Crippen LogP contribution is 2.38. The van der Waals surface area contributed by atoms with Crippen LogP contribution in [-0.2, 0) is 4.79 Å². The first-order valence-corrected chi connectivity index (χ1v) is 11.6. The topological polar surface area (TPSA) is 46.5 Å². The molecule has 0 saturated carbocycles. The summed E-state index contributed by atoms with van der Waals surface area (Å²) in [5, 5.41) is 9.83. The molecule has 0 aromatic heterocycles. The number of carbonyl (C=O) groups is 1. The normalized spacial score (nSPS) is 11.3. The third-order valence-electron chi connectivity index (χ3n) is 5.22. The summed E-state index contributed by atoms with van der Waals surface area (Å²) in [7, 11) is 1.52. The number of aromatic hydroxyl groups is 1. The molecular weight excluding hydrogens is 408 g/mol. The van der Waals surface area contributed by atoms with Crippen molar-refractivity contribution in [2.75, 3.05) is 7.11 Å². The van der Waals surface area contributed by atoms with Gasteiger partial charge in [-0.2, -0.15) is 0 Å². The number of ketones is 1. The molecule has 0 heterocycles. The summed E-state index contributed by atoms with van der Waals surface area (Å²) in [5.41, 5.74) is 4.34. The SMILES string of the molecule is C.C=C(/C(=C(\C)C(C)=O)C(C)c1ccc(O)c(OC)c1)c1ccccc1.CC.CCCCC. The van der Waals surface area contributed by atoms with Crippen molar-refractivity contribution in [3.05, 3.63) is 77.4 Å². The molecule has 1 N–H and O–H groups in total. The van der Waals surface area contributed by atoms with Crippen LogP contribution in [-0.4, -0.2) is 18.0 Å². The van der Waals surface area contributed by atoms with Gasteiger partial charge in [0.05, 0.1) is 7.11 Å². The number of Topliss-reactive ketones (excluding diaryl/α,β-unsaturated/α-hetero) is 1. The van der Waals surface area contributed by atoms with Gasteiger partial charge in [-0.3, -0.25) is 4.79 Å². The molecule has 2 aromatic carbocycles. The zero-order valence-electron chi connectivity index (χ0n) is 21.3. The fourth-order valence-corrected chi connectivity index (χ4v) is 3.28. The smallest absolute Gasteiger partial charge is 0.160 e. The second-order valence-corrected chi connectivity index (χ2v) is 7.45. The van der Waals surface area contributed by atoms with Crippen LogP contribution in [0.25, 0.3) is 5.57 Å². The summed E-state index contributed by atoms with van der Waals surface area (Å²) in [5.74, 6) is 0.444. The van der Waals surface area contributed by atoms with Gasteiger partial charge in [0.1, 0.15) is 0 Å². The lowest BCUT2D eigenvalue weighted by Gasteiger charge is -2.22.